The van der Waals surface area contributed by atoms with Gasteiger partial charge in [-0.1, -0.05) is 68.5 Å². The van der Waals surface area contributed by atoms with E-state index in [1.807, 2.05) is 26.0 Å². The highest BCUT2D eigenvalue weighted by molar-refractivity contribution is 5.21. The summed E-state index contributed by atoms with van der Waals surface area (Å²) in [6, 6.07) is 0. The molecule has 1 rings (SSSR count). The van der Waals surface area contributed by atoms with Gasteiger partial charge in [0.25, 0.3) is 0 Å². The Balaban J connectivity index is 2.76. The van der Waals surface area contributed by atoms with Gasteiger partial charge in [-0.05, 0) is 38.0 Å². The zero-order chi connectivity index (χ0) is 15.5. The van der Waals surface area contributed by atoms with E-state index in [0.717, 1.165) is 37.8 Å². The fourth-order valence-electron chi connectivity index (χ4n) is 2.10. The normalized spacial score (nSPS) is 24.6. The fraction of sp³-hybridized carbons (Fsp3) is 0.474. The van der Waals surface area contributed by atoms with E-state index in [1.54, 1.807) is 6.08 Å². The highest BCUT2D eigenvalue weighted by Gasteiger charge is 2.10. The molecule has 0 aromatic carbocycles. The molecule has 0 aromatic heterocycles. The van der Waals surface area contributed by atoms with E-state index in [-0.39, 0.29) is 5.92 Å². The summed E-state index contributed by atoms with van der Waals surface area (Å²) in [4.78, 5) is 0. The Kier molecular flexibility index (Phi) is 8.53. The molecule has 1 unspecified atom stereocenters. The van der Waals surface area contributed by atoms with Gasteiger partial charge in [0.05, 0.1) is 0 Å². The van der Waals surface area contributed by atoms with Crippen LogP contribution < -0.4 is 5.32 Å². The Morgan fingerprint density at radius 1 is 1.24 bits per heavy atom. The predicted octanol–water partition coefficient (Wildman–Crippen LogP) is 4.62. The minimum atomic E-state index is -0.470. The average molecular weight is 287 g/mol. The number of rotatable bonds is 5. The summed E-state index contributed by atoms with van der Waals surface area (Å²) >= 11 is 0. The van der Waals surface area contributed by atoms with Crippen LogP contribution in [-0.4, -0.2) is 11.3 Å². The maximum absolute atomic E-state index is 10.0. The Hall–Kier alpha value is -1.54. The first kappa shape index (κ1) is 17.5. The third kappa shape index (κ3) is 7.72. The highest BCUT2D eigenvalue weighted by Crippen LogP contribution is 2.17. The van der Waals surface area contributed by atoms with E-state index < -0.39 is 6.23 Å². The van der Waals surface area contributed by atoms with Crippen LogP contribution in [0.2, 0.25) is 0 Å². The van der Waals surface area contributed by atoms with Crippen LogP contribution in [0.5, 0.6) is 0 Å². The molecule has 2 nitrogen and oxygen atoms in total. The number of nitrogens with one attached hydrogen (secondary N) is 1. The van der Waals surface area contributed by atoms with Crippen molar-refractivity contribution in [3.8, 4) is 0 Å². The molecule has 0 aromatic rings. The standard InChI is InChI=1S/C19H29NO/c1-4-5-8-11-17-12-9-6-7-10-13-18(15-14-17)20-19(21)16(2)3/h4-6,8-9,11,15-16,19-21H,1,7,10,12-14H2,2-3H3/b8-5-,9-6-,17-11-,18-15+. The molecule has 0 amide bonds. The second-order valence-electron chi connectivity index (χ2n) is 5.78. The SMILES string of the molecule is C=C/C=C\C=C1\C/C=C\CCC/C(NC(O)C(C)C)=C\C1. The Bertz CT molecular complexity index is 427. The second kappa shape index (κ2) is 10.2. The minimum Gasteiger partial charge on any atom is -0.374 e. The van der Waals surface area contributed by atoms with Crippen LogP contribution in [0.4, 0.5) is 0 Å². The topological polar surface area (TPSA) is 32.3 Å². The van der Waals surface area contributed by atoms with Crippen LogP contribution >= 0.6 is 0 Å². The summed E-state index contributed by atoms with van der Waals surface area (Å²) in [5, 5.41) is 13.3. The summed E-state index contributed by atoms with van der Waals surface area (Å²) in [7, 11) is 0. The smallest absolute Gasteiger partial charge is 0.126 e. The lowest BCUT2D eigenvalue weighted by Gasteiger charge is -2.20. The van der Waals surface area contributed by atoms with Gasteiger partial charge in [-0.3, -0.25) is 0 Å². The van der Waals surface area contributed by atoms with E-state index in [0.29, 0.717) is 0 Å². The Labute approximate surface area is 129 Å². The average Bonchev–Trinajstić information content (AvgIpc) is 2.47. The van der Waals surface area contributed by atoms with E-state index in [1.165, 1.54) is 5.57 Å². The van der Waals surface area contributed by atoms with Crippen molar-refractivity contribution in [3.05, 3.63) is 60.4 Å². The van der Waals surface area contributed by atoms with Gasteiger partial charge in [0.2, 0.25) is 0 Å². The molecule has 0 saturated carbocycles. The minimum absolute atomic E-state index is 0.215. The van der Waals surface area contributed by atoms with E-state index in [4.69, 9.17) is 0 Å². The third-order valence-electron chi connectivity index (χ3n) is 3.52. The van der Waals surface area contributed by atoms with E-state index >= 15 is 0 Å². The van der Waals surface area contributed by atoms with Crippen molar-refractivity contribution >= 4 is 0 Å². The molecular weight excluding hydrogens is 258 g/mol. The molecule has 0 saturated heterocycles. The van der Waals surface area contributed by atoms with Gasteiger partial charge >= 0.3 is 0 Å². The monoisotopic (exact) mass is 287 g/mol. The van der Waals surface area contributed by atoms with Gasteiger partial charge in [0, 0.05) is 5.70 Å². The van der Waals surface area contributed by atoms with Crippen LogP contribution in [0, 0.1) is 5.92 Å². The van der Waals surface area contributed by atoms with Crippen molar-refractivity contribution in [2.24, 2.45) is 5.92 Å². The van der Waals surface area contributed by atoms with Gasteiger partial charge in [-0.15, -0.1) is 0 Å². The number of aliphatic hydroxyl groups is 1. The van der Waals surface area contributed by atoms with Crippen LogP contribution in [0.1, 0.15) is 46.0 Å². The predicted molar refractivity (Wildman–Crippen MR) is 91.7 cm³/mol. The number of hydrogen-bond acceptors (Lipinski definition) is 2. The maximum Gasteiger partial charge on any atom is 0.126 e. The fourth-order valence-corrected chi connectivity index (χ4v) is 2.10. The van der Waals surface area contributed by atoms with Crippen molar-refractivity contribution in [1.82, 2.24) is 5.32 Å². The third-order valence-corrected chi connectivity index (χ3v) is 3.52. The van der Waals surface area contributed by atoms with Crippen molar-refractivity contribution < 1.29 is 5.11 Å². The maximum atomic E-state index is 10.0. The molecule has 2 heteroatoms. The largest absolute Gasteiger partial charge is 0.374 e. The van der Waals surface area contributed by atoms with Gasteiger partial charge < -0.3 is 10.4 Å². The van der Waals surface area contributed by atoms with Crippen LogP contribution in [0.3, 0.4) is 0 Å². The molecule has 0 fully saturated rings. The lowest BCUT2D eigenvalue weighted by molar-refractivity contribution is 0.0999. The number of allylic oxidation sites excluding steroid dienone is 9. The van der Waals surface area contributed by atoms with Crippen LogP contribution in [-0.2, 0) is 0 Å². The molecule has 0 aliphatic heterocycles. The molecule has 21 heavy (non-hydrogen) atoms. The summed E-state index contributed by atoms with van der Waals surface area (Å²) < 4.78 is 0. The summed E-state index contributed by atoms with van der Waals surface area (Å²) in [6.45, 7) is 7.73. The summed E-state index contributed by atoms with van der Waals surface area (Å²) in [5.41, 5.74) is 2.52. The molecule has 1 aliphatic rings. The lowest BCUT2D eigenvalue weighted by Crippen LogP contribution is -2.32. The molecule has 116 valence electrons. The summed E-state index contributed by atoms with van der Waals surface area (Å²) in [5.74, 6) is 0.215. The van der Waals surface area contributed by atoms with Crippen molar-refractivity contribution in [2.45, 2.75) is 52.2 Å². The van der Waals surface area contributed by atoms with Crippen LogP contribution in [0.25, 0.3) is 0 Å². The molecule has 0 heterocycles. The first-order chi connectivity index (χ1) is 10.1. The van der Waals surface area contributed by atoms with Gasteiger partial charge in [0.1, 0.15) is 6.23 Å². The molecule has 2 N–H and O–H groups in total. The zero-order valence-corrected chi connectivity index (χ0v) is 13.4. The van der Waals surface area contributed by atoms with Crippen LogP contribution in [0.15, 0.2) is 60.4 Å². The van der Waals surface area contributed by atoms with Crippen molar-refractivity contribution in [1.29, 1.82) is 0 Å². The quantitative estimate of drug-likeness (QED) is 0.439. The highest BCUT2D eigenvalue weighted by atomic mass is 16.3. The lowest BCUT2D eigenvalue weighted by atomic mass is 10.0. The van der Waals surface area contributed by atoms with Gasteiger partial charge in [-0.25, -0.2) is 0 Å². The Morgan fingerprint density at radius 2 is 2.05 bits per heavy atom. The molecular formula is C19H29NO. The van der Waals surface area contributed by atoms with Gasteiger partial charge in [-0.2, -0.15) is 0 Å². The number of aliphatic hydroxyl groups excluding tert-OH is 1. The molecule has 0 bridgehead atoms. The molecule has 1 aliphatic carbocycles. The van der Waals surface area contributed by atoms with Crippen molar-refractivity contribution in [2.75, 3.05) is 0 Å². The summed E-state index contributed by atoms with van der Waals surface area (Å²) in [6.07, 6.45) is 19.3. The zero-order valence-electron chi connectivity index (χ0n) is 13.4. The van der Waals surface area contributed by atoms with E-state index in [9.17, 15) is 5.11 Å². The molecule has 0 spiro atoms. The second-order valence-corrected chi connectivity index (χ2v) is 5.78. The Morgan fingerprint density at radius 3 is 2.76 bits per heavy atom. The number of hydrogen-bond donors (Lipinski definition) is 2. The van der Waals surface area contributed by atoms with Gasteiger partial charge in [0.15, 0.2) is 0 Å². The first-order valence-corrected chi connectivity index (χ1v) is 7.89. The molecule has 0 radical (unpaired) electrons. The van der Waals surface area contributed by atoms with Crippen molar-refractivity contribution in [3.63, 3.8) is 0 Å². The first-order valence-electron chi connectivity index (χ1n) is 7.89. The van der Waals surface area contributed by atoms with E-state index in [2.05, 4.69) is 36.2 Å². The molecule has 1 atom stereocenters.